The minimum Gasteiger partial charge on any atom is -0.493 e. The summed E-state index contributed by atoms with van der Waals surface area (Å²) in [4.78, 5) is 16.3. The highest BCUT2D eigenvalue weighted by atomic mass is 16.5. The molecule has 2 N–H and O–H groups in total. The van der Waals surface area contributed by atoms with Gasteiger partial charge in [0.15, 0.2) is 0 Å². The normalized spacial score (nSPS) is 12.7. The number of carboxylic acids is 1. The molecular weight excluding hydrogens is 454 g/mol. The highest BCUT2D eigenvalue weighted by molar-refractivity contribution is 6.08. The van der Waals surface area contributed by atoms with Crippen LogP contribution in [0.25, 0.3) is 32.8 Å². The number of carbonyl (C=O) groups is 1. The van der Waals surface area contributed by atoms with Crippen LogP contribution in [0.2, 0.25) is 0 Å². The van der Waals surface area contributed by atoms with Gasteiger partial charge in [-0.25, -0.2) is 0 Å². The molecule has 1 aliphatic rings. The van der Waals surface area contributed by atoms with E-state index in [1.165, 1.54) is 5.56 Å². The first-order valence-electron chi connectivity index (χ1n) is 12.3. The maximum atomic E-state index is 11.6. The predicted octanol–water partition coefficient (Wildman–Crippen LogP) is 5.72. The van der Waals surface area contributed by atoms with Gasteiger partial charge in [0.2, 0.25) is 0 Å². The fraction of sp³-hybridized carbons (Fsp3) is 0.333. The second-order valence-electron chi connectivity index (χ2n) is 9.69. The van der Waals surface area contributed by atoms with E-state index in [0.717, 1.165) is 56.1 Å². The Labute approximate surface area is 211 Å². The Hall–Kier alpha value is -3.48. The Balaban J connectivity index is 0.000000331. The lowest BCUT2D eigenvalue weighted by molar-refractivity contribution is -0.136. The molecule has 0 bridgehead atoms. The first-order chi connectivity index (χ1) is 17.2. The number of hydrogen-bond acceptors (Lipinski definition) is 5. The molecule has 0 aliphatic carbocycles. The topological polar surface area (TPSA) is 88.9 Å². The van der Waals surface area contributed by atoms with Crippen molar-refractivity contribution >= 4 is 27.6 Å². The zero-order chi connectivity index (χ0) is 25.9. The Kier molecular flexibility index (Phi) is 7.57. The number of benzene rings is 3. The van der Waals surface area contributed by atoms with Crippen LogP contribution in [0.3, 0.4) is 0 Å². The van der Waals surface area contributed by atoms with Crippen LogP contribution in [-0.4, -0.2) is 46.6 Å². The molecular formula is C30H33NO5. The van der Waals surface area contributed by atoms with E-state index in [4.69, 9.17) is 19.6 Å². The number of aryl methyl sites for hydroxylation is 1. The Morgan fingerprint density at radius 1 is 1.17 bits per heavy atom. The molecule has 0 fully saturated rings. The SMILES string of the molecule is CCOCC(C)(C)O.Cc1cc2ccccc2c(-c2ccc3c4c(ccnc24)CCO3)c1CC(=O)O. The average Bonchev–Trinajstić information content (AvgIpc) is 2.84. The molecule has 4 aromatic rings. The summed E-state index contributed by atoms with van der Waals surface area (Å²) in [7, 11) is 0. The van der Waals surface area contributed by atoms with Gasteiger partial charge in [0.05, 0.1) is 30.8 Å². The number of nitrogens with zero attached hydrogens (tertiary/aromatic N) is 1. The first-order valence-corrected chi connectivity index (χ1v) is 12.3. The predicted molar refractivity (Wildman–Crippen MR) is 143 cm³/mol. The van der Waals surface area contributed by atoms with E-state index in [1.807, 2.05) is 50.4 Å². The smallest absolute Gasteiger partial charge is 0.307 e. The van der Waals surface area contributed by atoms with E-state index in [-0.39, 0.29) is 6.42 Å². The van der Waals surface area contributed by atoms with E-state index >= 15 is 0 Å². The van der Waals surface area contributed by atoms with Crippen LogP contribution in [0.15, 0.2) is 54.7 Å². The molecule has 0 unspecified atom stereocenters. The number of aliphatic hydroxyl groups is 1. The highest BCUT2D eigenvalue weighted by Crippen LogP contribution is 2.42. The van der Waals surface area contributed by atoms with Crippen molar-refractivity contribution in [2.24, 2.45) is 0 Å². The largest absolute Gasteiger partial charge is 0.493 e. The highest BCUT2D eigenvalue weighted by Gasteiger charge is 2.22. The molecule has 1 aromatic heterocycles. The fourth-order valence-electron chi connectivity index (χ4n) is 4.67. The molecule has 188 valence electrons. The van der Waals surface area contributed by atoms with E-state index < -0.39 is 11.6 Å². The lowest BCUT2D eigenvalue weighted by Gasteiger charge is -2.21. The zero-order valence-corrected chi connectivity index (χ0v) is 21.3. The minimum atomic E-state index is -0.835. The fourth-order valence-corrected chi connectivity index (χ4v) is 4.67. The molecule has 36 heavy (non-hydrogen) atoms. The summed E-state index contributed by atoms with van der Waals surface area (Å²) in [5, 5.41) is 21.8. The maximum Gasteiger partial charge on any atom is 0.307 e. The number of rotatable bonds is 6. The third-order valence-electron chi connectivity index (χ3n) is 6.21. The molecule has 0 atom stereocenters. The summed E-state index contributed by atoms with van der Waals surface area (Å²) < 4.78 is 10.8. The molecule has 6 heteroatoms. The van der Waals surface area contributed by atoms with Crippen molar-refractivity contribution in [1.29, 1.82) is 0 Å². The van der Waals surface area contributed by atoms with Crippen molar-refractivity contribution < 1.29 is 24.5 Å². The number of fused-ring (bicyclic) bond motifs is 1. The monoisotopic (exact) mass is 487 g/mol. The van der Waals surface area contributed by atoms with Gasteiger partial charge in [-0.3, -0.25) is 9.78 Å². The zero-order valence-electron chi connectivity index (χ0n) is 21.3. The summed E-state index contributed by atoms with van der Waals surface area (Å²) in [5.74, 6) is 0.0171. The van der Waals surface area contributed by atoms with Gasteiger partial charge < -0.3 is 19.7 Å². The molecule has 0 saturated heterocycles. The summed E-state index contributed by atoms with van der Waals surface area (Å²) >= 11 is 0. The average molecular weight is 488 g/mol. The van der Waals surface area contributed by atoms with Gasteiger partial charge in [-0.1, -0.05) is 30.3 Å². The van der Waals surface area contributed by atoms with Crippen LogP contribution in [0.5, 0.6) is 5.75 Å². The quantitative estimate of drug-likeness (QED) is 0.362. The molecule has 0 saturated carbocycles. The van der Waals surface area contributed by atoms with Crippen molar-refractivity contribution in [2.75, 3.05) is 19.8 Å². The van der Waals surface area contributed by atoms with Gasteiger partial charge in [-0.2, -0.15) is 0 Å². The number of aromatic nitrogens is 1. The van der Waals surface area contributed by atoms with Crippen LogP contribution < -0.4 is 4.74 Å². The summed E-state index contributed by atoms with van der Waals surface area (Å²) in [5.41, 5.74) is 5.16. The van der Waals surface area contributed by atoms with Crippen LogP contribution in [0, 0.1) is 6.92 Å². The van der Waals surface area contributed by atoms with Crippen molar-refractivity contribution in [2.45, 2.75) is 46.1 Å². The number of aliphatic carboxylic acids is 1. The van der Waals surface area contributed by atoms with Gasteiger partial charge in [0.25, 0.3) is 0 Å². The molecule has 0 radical (unpaired) electrons. The Morgan fingerprint density at radius 2 is 1.94 bits per heavy atom. The van der Waals surface area contributed by atoms with Gasteiger partial charge in [-0.15, -0.1) is 0 Å². The summed E-state index contributed by atoms with van der Waals surface area (Å²) in [6.45, 7) is 9.10. The third kappa shape index (κ3) is 5.50. The second kappa shape index (κ2) is 10.6. The van der Waals surface area contributed by atoms with Gasteiger partial charge in [-0.05, 0) is 78.9 Å². The number of pyridine rings is 1. The lowest BCUT2D eigenvalue weighted by Crippen LogP contribution is -2.25. The Morgan fingerprint density at radius 3 is 2.64 bits per heavy atom. The van der Waals surface area contributed by atoms with Crippen molar-refractivity contribution in [3.8, 4) is 16.9 Å². The van der Waals surface area contributed by atoms with Crippen molar-refractivity contribution in [3.05, 3.63) is 71.4 Å². The van der Waals surface area contributed by atoms with Crippen LogP contribution in [-0.2, 0) is 22.4 Å². The molecule has 0 spiro atoms. The first kappa shape index (κ1) is 25.6. The number of ether oxygens (including phenoxy) is 2. The number of hydrogen-bond donors (Lipinski definition) is 2. The molecule has 3 aromatic carbocycles. The third-order valence-corrected chi connectivity index (χ3v) is 6.21. The van der Waals surface area contributed by atoms with E-state index in [1.54, 1.807) is 13.8 Å². The molecule has 1 aliphatic heterocycles. The van der Waals surface area contributed by atoms with Gasteiger partial charge in [0, 0.05) is 30.2 Å². The molecule has 0 amide bonds. The summed E-state index contributed by atoms with van der Waals surface area (Å²) in [6.07, 6.45) is 2.67. The van der Waals surface area contributed by atoms with Crippen molar-refractivity contribution in [3.63, 3.8) is 0 Å². The van der Waals surface area contributed by atoms with E-state index in [2.05, 4.69) is 18.2 Å². The standard InChI is InChI=1S/C24H19NO3.C6H14O2/c1-14-12-16-4-2-3-5-17(16)23(19(14)13-21(26)27)18-6-7-20-22-15(9-11-28-20)8-10-25-24(18)22;1-4-8-5-6(2,3)7/h2-8,10,12H,9,11,13H2,1H3,(H,26,27);7H,4-5H2,1-3H3. The number of carboxylic acid groups (broad SMARTS) is 1. The Bertz CT molecular complexity index is 1390. The minimum absolute atomic E-state index is 0.0224. The van der Waals surface area contributed by atoms with Crippen LogP contribution in [0.1, 0.15) is 37.5 Å². The van der Waals surface area contributed by atoms with E-state index in [0.29, 0.717) is 19.8 Å². The van der Waals surface area contributed by atoms with Gasteiger partial charge in [0.1, 0.15) is 5.75 Å². The van der Waals surface area contributed by atoms with Crippen molar-refractivity contribution in [1.82, 2.24) is 4.98 Å². The maximum absolute atomic E-state index is 11.6. The molecule has 6 nitrogen and oxygen atoms in total. The van der Waals surface area contributed by atoms with Gasteiger partial charge >= 0.3 is 5.97 Å². The molecule has 2 heterocycles. The second-order valence-corrected chi connectivity index (χ2v) is 9.69. The lowest BCUT2D eigenvalue weighted by atomic mass is 9.87. The van der Waals surface area contributed by atoms with Crippen LogP contribution >= 0.6 is 0 Å². The molecule has 5 rings (SSSR count). The van der Waals surface area contributed by atoms with Crippen LogP contribution in [0.4, 0.5) is 0 Å². The van der Waals surface area contributed by atoms with E-state index in [9.17, 15) is 9.90 Å². The summed E-state index contributed by atoms with van der Waals surface area (Å²) in [6, 6.07) is 16.2.